The first kappa shape index (κ1) is 20.7. The van der Waals surface area contributed by atoms with Crippen molar-refractivity contribution in [3.05, 3.63) is 58.1 Å². The molecule has 0 bridgehead atoms. The highest BCUT2D eigenvalue weighted by Crippen LogP contribution is 2.28. The van der Waals surface area contributed by atoms with Crippen molar-refractivity contribution in [3.63, 3.8) is 0 Å². The molecule has 0 aliphatic rings. The van der Waals surface area contributed by atoms with Crippen LogP contribution in [0.4, 0.5) is 11.4 Å². The highest BCUT2D eigenvalue weighted by atomic mass is 16.6. The Morgan fingerprint density at radius 2 is 1.79 bits per heavy atom. The molecule has 9 nitrogen and oxygen atoms in total. The van der Waals surface area contributed by atoms with E-state index in [4.69, 9.17) is 9.47 Å². The molecule has 0 heterocycles. The van der Waals surface area contributed by atoms with E-state index in [0.717, 1.165) is 6.07 Å². The Bertz CT molecular complexity index is 866. The minimum Gasteiger partial charge on any atom is -0.497 e. The van der Waals surface area contributed by atoms with E-state index < -0.39 is 10.8 Å². The van der Waals surface area contributed by atoms with Gasteiger partial charge in [-0.3, -0.25) is 19.7 Å². The molecule has 0 unspecified atom stereocenters. The number of methoxy groups -OCH3 is 2. The molecule has 2 aromatic carbocycles. The van der Waals surface area contributed by atoms with Gasteiger partial charge in [0.2, 0.25) is 5.91 Å². The van der Waals surface area contributed by atoms with Gasteiger partial charge in [-0.25, -0.2) is 0 Å². The van der Waals surface area contributed by atoms with Crippen LogP contribution in [0.15, 0.2) is 42.5 Å². The number of rotatable bonds is 8. The number of hydrogen-bond acceptors (Lipinski definition) is 6. The van der Waals surface area contributed by atoms with Crippen LogP contribution in [0.1, 0.15) is 17.3 Å². The Kier molecular flexibility index (Phi) is 6.91. The standard InChI is InChI=1S/C19H21N3O6/c1-4-21(12-18(23)20-14-6-8-15(27-2)9-7-14)19(24)13-5-10-17(28-3)16(11-13)22(25)26/h5-11H,4,12H2,1-3H3,(H,20,23). The molecule has 28 heavy (non-hydrogen) atoms. The minimum atomic E-state index is -0.623. The first-order valence-corrected chi connectivity index (χ1v) is 8.45. The van der Waals surface area contributed by atoms with E-state index in [1.165, 1.54) is 24.1 Å². The predicted octanol–water partition coefficient (Wildman–Crippen LogP) is 2.71. The lowest BCUT2D eigenvalue weighted by Crippen LogP contribution is -2.37. The minimum absolute atomic E-state index is 0.0573. The van der Waals surface area contributed by atoms with E-state index in [2.05, 4.69) is 5.32 Å². The Hall–Kier alpha value is -3.62. The van der Waals surface area contributed by atoms with Crippen LogP contribution < -0.4 is 14.8 Å². The average Bonchev–Trinajstić information content (AvgIpc) is 2.71. The SMILES string of the molecule is CCN(CC(=O)Nc1ccc(OC)cc1)C(=O)c1ccc(OC)c([N+](=O)[O-])c1. The largest absolute Gasteiger partial charge is 0.497 e. The fourth-order valence-corrected chi connectivity index (χ4v) is 2.52. The molecule has 0 radical (unpaired) electrons. The maximum absolute atomic E-state index is 12.7. The third kappa shape index (κ3) is 4.97. The fourth-order valence-electron chi connectivity index (χ4n) is 2.52. The lowest BCUT2D eigenvalue weighted by atomic mass is 10.1. The molecule has 2 aromatic rings. The van der Waals surface area contributed by atoms with E-state index in [9.17, 15) is 19.7 Å². The van der Waals surface area contributed by atoms with Gasteiger partial charge in [0.05, 0.1) is 19.1 Å². The summed E-state index contributed by atoms with van der Waals surface area (Å²) in [6.07, 6.45) is 0. The van der Waals surface area contributed by atoms with Crippen molar-refractivity contribution in [2.75, 3.05) is 32.6 Å². The van der Waals surface area contributed by atoms with Gasteiger partial charge in [-0.2, -0.15) is 0 Å². The maximum Gasteiger partial charge on any atom is 0.311 e. The van der Waals surface area contributed by atoms with Crippen LogP contribution >= 0.6 is 0 Å². The molecule has 2 amide bonds. The molecule has 9 heteroatoms. The van der Waals surface area contributed by atoms with Crippen LogP contribution in [0.5, 0.6) is 11.5 Å². The Morgan fingerprint density at radius 1 is 1.11 bits per heavy atom. The van der Waals surface area contributed by atoms with Crippen LogP contribution in [0, 0.1) is 10.1 Å². The van der Waals surface area contributed by atoms with Crippen LogP contribution in [0.25, 0.3) is 0 Å². The topological polar surface area (TPSA) is 111 Å². The first-order valence-electron chi connectivity index (χ1n) is 8.45. The summed E-state index contributed by atoms with van der Waals surface area (Å²) in [5.74, 6) is -0.159. The van der Waals surface area contributed by atoms with Gasteiger partial charge in [-0.15, -0.1) is 0 Å². The Labute approximate surface area is 162 Å². The highest BCUT2D eigenvalue weighted by Gasteiger charge is 2.22. The van der Waals surface area contributed by atoms with Gasteiger partial charge in [0, 0.05) is 23.9 Å². The van der Waals surface area contributed by atoms with Gasteiger partial charge in [-0.05, 0) is 43.3 Å². The van der Waals surface area contributed by atoms with Crippen molar-refractivity contribution < 1.29 is 24.0 Å². The summed E-state index contributed by atoms with van der Waals surface area (Å²) in [5.41, 5.74) is 0.355. The molecule has 2 rings (SSSR count). The normalized spacial score (nSPS) is 10.1. The van der Waals surface area contributed by atoms with E-state index in [1.807, 2.05) is 0 Å². The number of carbonyl (C=O) groups excluding carboxylic acids is 2. The number of nitro benzene ring substituents is 1. The number of amides is 2. The molecule has 0 fully saturated rings. The molecule has 0 spiro atoms. The maximum atomic E-state index is 12.7. The van der Waals surface area contributed by atoms with Gasteiger partial charge in [0.15, 0.2) is 5.75 Å². The molecule has 0 saturated carbocycles. The summed E-state index contributed by atoms with van der Waals surface area (Å²) in [7, 11) is 2.85. The molecule has 148 valence electrons. The molecule has 1 N–H and O–H groups in total. The quantitative estimate of drug-likeness (QED) is 0.551. The summed E-state index contributed by atoms with van der Waals surface area (Å²) >= 11 is 0. The van der Waals surface area contributed by atoms with Crippen molar-refractivity contribution in [1.29, 1.82) is 0 Å². The molecule has 0 aromatic heterocycles. The van der Waals surface area contributed by atoms with E-state index in [1.54, 1.807) is 38.3 Å². The number of hydrogen-bond donors (Lipinski definition) is 1. The number of carbonyl (C=O) groups is 2. The zero-order valence-corrected chi connectivity index (χ0v) is 15.8. The number of nitro groups is 1. The molecular weight excluding hydrogens is 366 g/mol. The van der Waals surface area contributed by atoms with Gasteiger partial charge in [0.1, 0.15) is 12.3 Å². The second-order valence-electron chi connectivity index (χ2n) is 5.74. The number of nitrogens with zero attached hydrogens (tertiary/aromatic N) is 2. The Balaban J connectivity index is 2.11. The zero-order chi connectivity index (χ0) is 20.7. The summed E-state index contributed by atoms with van der Waals surface area (Å²) < 4.78 is 9.99. The number of anilines is 1. The number of likely N-dealkylation sites (N-methyl/N-ethyl adjacent to an activating group) is 1. The fraction of sp³-hybridized carbons (Fsp3) is 0.263. The van der Waals surface area contributed by atoms with Gasteiger partial charge in [0.25, 0.3) is 5.91 Å². The number of benzene rings is 2. The lowest BCUT2D eigenvalue weighted by Gasteiger charge is -2.20. The van der Waals surface area contributed by atoms with Crippen LogP contribution in [-0.4, -0.2) is 48.9 Å². The summed E-state index contributed by atoms with van der Waals surface area (Å²) in [6, 6.07) is 10.7. The monoisotopic (exact) mass is 387 g/mol. The zero-order valence-electron chi connectivity index (χ0n) is 15.8. The molecule has 0 saturated heterocycles. The second kappa shape index (κ2) is 9.36. The predicted molar refractivity (Wildman–Crippen MR) is 103 cm³/mol. The van der Waals surface area contributed by atoms with Crippen molar-refractivity contribution in [1.82, 2.24) is 4.90 Å². The second-order valence-corrected chi connectivity index (χ2v) is 5.74. The van der Waals surface area contributed by atoms with Crippen molar-refractivity contribution in [2.24, 2.45) is 0 Å². The first-order chi connectivity index (χ1) is 13.4. The summed E-state index contributed by atoms with van der Waals surface area (Å²) in [4.78, 5) is 36.8. The van der Waals surface area contributed by atoms with Crippen LogP contribution in [0.2, 0.25) is 0 Å². The van der Waals surface area contributed by atoms with Crippen LogP contribution in [-0.2, 0) is 4.79 Å². The van der Waals surface area contributed by atoms with E-state index in [0.29, 0.717) is 11.4 Å². The summed E-state index contributed by atoms with van der Waals surface area (Å²) in [6.45, 7) is 1.78. The lowest BCUT2D eigenvalue weighted by molar-refractivity contribution is -0.385. The molecule has 0 aliphatic heterocycles. The van der Waals surface area contributed by atoms with Crippen molar-refractivity contribution in [2.45, 2.75) is 6.92 Å². The molecule has 0 atom stereocenters. The van der Waals surface area contributed by atoms with E-state index in [-0.39, 0.29) is 36.0 Å². The highest BCUT2D eigenvalue weighted by molar-refractivity contribution is 5.99. The summed E-state index contributed by atoms with van der Waals surface area (Å²) in [5, 5.41) is 13.8. The average molecular weight is 387 g/mol. The van der Waals surface area contributed by atoms with Crippen LogP contribution in [0.3, 0.4) is 0 Å². The van der Waals surface area contributed by atoms with Gasteiger partial charge < -0.3 is 19.7 Å². The van der Waals surface area contributed by atoms with Gasteiger partial charge in [-0.1, -0.05) is 0 Å². The Morgan fingerprint density at radius 3 is 2.32 bits per heavy atom. The number of nitrogens with one attached hydrogen (secondary N) is 1. The van der Waals surface area contributed by atoms with Crippen molar-refractivity contribution >= 4 is 23.2 Å². The van der Waals surface area contributed by atoms with Crippen molar-refractivity contribution in [3.8, 4) is 11.5 Å². The number of ether oxygens (including phenoxy) is 2. The smallest absolute Gasteiger partial charge is 0.311 e. The van der Waals surface area contributed by atoms with E-state index >= 15 is 0 Å². The molecular formula is C19H21N3O6. The third-order valence-corrected chi connectivity index (χ3v) is 4.00. The van der Waals surface area contributed by atoms with Gasteiger partial charge >= 0.3 is 5.69 Å². The third-order valence-electron chi connectivity index (χ3n) is 4.00. The molecule has 0 aliphatic carbocycles.